The van der Waals surface area contributed by atoms with Gasteiger partial charge in [0.05, 0.1) is 6.04 Å². The predicted octanol–water partition coefficient (Wildman–Crippen LogP) is -0.504. The quantitative estimate of drug-likeness (QED) is 0.453. The lowest BCUT2D eigenvalue weighted by Crippen LogP contribution is -2.49. The van der Waals surface area contributed by atoms with Crippen molar-refractivity contribution in [3.8, 4) is 0 Å². The first kappa shape index (κ1) is 18.5. The minimum atomic E-state index is -1.04. The van der Waals surface area contributed by atoms with Crippen molar-refractivity contribution in [3.05, 3.63) is 0 Å². The highest BCUT2D eigenvalue weighted by Crippen LogP contribution is 2.01. The second kappa shape index (κ2) is 8.65. The Morgan fingerprint density at radius 1 is 1.15 bits per heavy atom. The fraction of sp³-hybridized carbons (Fsp3) is 0.769. The Hall–Kier alpha value is -1.47. The standard InChI is InChI=1S/C13H25N3O4/c1-7(2)12(18)9(14)5-11(17)15-6-10(13(19)20)16-8(3)4/h7-10,16H,5-6,14H2,1-4H3,(H,15,17)(H,19,20). The normalized spacial score (nSPS) is 14.2. The minimum Gasteiger partial charge on any atom is -0.480 e. The maximum absolute atomic E-state index is 11.6. The molecule has 0 aromatic rings. The molecule has 0 fully saturated rings. The van der Waals surface area contributed by atoms with E-state index >= 15 is 0 Å². The van der Waals surface area contributed by atoms with Crippen LogP contribution >= 0.6 is 0 Å². The van der Waals surface area contributed by atoms with E-state index in [2.05, 4.69) is 10.6 Å². The number of carbonyl (C=O) groups is 3. The lowest BCUT2D eigenvalue weighted by Gasteiger charge is -2.18. The summed E-state index contributed by atoms with van der Waals surface area (Å²) in [6, 6.07) is -1.73. The summed E-state index contributed by atoms with van der Waals surface area (Å²) in [4.78, 5) is 34.2. The molecule has 20 heavy (non-hydrogen) atoms. The van der Waals surface area contributed by atoms with Gasteiger partial charge in [-0.15, -0.1) is 0 Å². The Kier molecular flexibility index (Phi) is 8.02. The van der Waals surface area contributed by atoms with E-state index < -0.39 is 24.0 Å². The van der Waals surface area contributed by atoms with E-state index in [1.54, 1.807) is 13.8 Å². The van der Waals surface area contributed by atoms with Crippen molar-refractivity contribution in [1.82, 2.24) is 10.6 Å². The first-order valence-electron chi connectivity index (χ1n) is 6.70. The number of aliphatic carboxylic acids is 1. The summed E-state index contributed by atoms with van der Waals surface area (Å²) in [5.41, 5.74) is 5.62. The van der Waals surface area contributed by atoms with Crippen LogP contribution in [0.25, 0.3) is 0 Å². The van der Waals surface area contributed by atoms with Crippen molar-refractivity contribution < 1.29 is 19.5 Å². The fourth-order valence-corrected chi connectivity index (χ4v) is 1.64. The average molecular weight is 287 g/mol. The lowest BCUT2D eigenvalue weighted by atomic mass is 10.00. The molecule has 0 saturated carbocycles. The van der Waals surface area contributed by atoms with E-state index in [1.165, 1.54) is 0 Å². The van der Waals surface area contributed by atoms with Crippen LogP contribution in [-0.4, -0.2) is 47.4 Å². The van der Waals surface area contributed by atoms with Gasteiger partial charge in [0.1, 0.15) is 6.04 Å². The highest BCUT2D eigenvalue weighted by atomic mass is 16.4. The first-order valence-corrected chi connectivity index (χ1v) is 6.70. The van der Waals surface area contributed by atoms with Crippen LogP contribution in [0.2, 0.25) is 0 Å². The fourth-order valence-electron chi connectivity index (χ4n) is 1.64. The molecule has 0 radical (unpaired) electrons. The van der Waals surface area contributed by atoms with Gasteiger partial charge >= 0.3 is 5.97 Å². The van der Waals surface area contributed by atoms with Gasteiger partial charge in [-0.1, -0.05) is 27.7 Å². The Morgan fingerprint density at radius 3 is 2.10 bits per heavy atom. The molecule has 2 atom stereocenters. The van der Waals surface area contributed by atoms with Gasteiger partial charge in [-0.2, -0.15) is 0 Å². The number of carbonyl (C=O) groups excluding carboxylic acids is 2. The molecule has 0 aliphatic carbocycles. The molecule has 0 bridgehead atoms. The van der Waals surface area contributed by atoms with Gasteiger partial charge < -0.3 is 21.5 Å². The Bertz CT molecular complexity index is 356. The van der Waals surface area contributed by atoms with Crippen LogP contribution in [0.3, 0.4) is 0 Å². The molecule has 0 aromatic heterocycles. The van der Waals surface area contributed by atoms with Gasteiger partial charge in [0.2, 0.25) is 5.91 Å². The first-order chi connectivity index (χ1) is 9.15. The van der Waals surface area contributed by atoms with Crippen LogP contribution in [0.4, 0.5) is 0 Å². The van der Waals surface area contributed by atoms with Gasteiger partial charge in [0, 0.05) is 24.9 Å². The average Bonchev–Trinajstić information content (AvgIpc) is 2.32. The second-order valence-corrected chi connectivity index (χ2v) is 5.38. The molecular formula is C13H25N3O4. The molecule has 0 aromatic carbocycles. The van der Waals surface area contributed by atoms with E-state index in [0.717, 1.165) is 0 Å². The van der Waals surface area contributed by atoms with E-state index in [0.29, 0.717) is 0 Å². The number of hydrogen-bond donors (Lipinski definition) is 4. The van der Waals surface area contributed by atoms with Crippen molar-refractivity contribution in [1.29, 1.82) is 0 Å². The number of carboxylic acids is 1. The molecule has 0 saturated heterocycles. The summed E-state index contributed by atoms with van der Waals surface area (Å²) in [5, 5.41) is 14.3. The third-order valence-electron chi connectivity index (χ3n) is 2.68. The van der Waals surface area contributed by atoms with E-state index in [-0.39, 0.29) is 30.7 Å². The van der Waals surface area contributed by atoms with Gasteiger partial charge in [-0.05, 0) is 0 Å². The van der Waals surface area contributed by atoms with Gasteiger partial charge in [0.25, 0.3) is 0 Å². The van der Waals surface area contributed by atoms with Crippen LogP contribution in [0, 0.1) is 5.92 Å². The molecule has 5 N–H and O–H groups in total. The lowest BCUT2D eigenvalue weighted by molar-refractivity contribution is -0.139. The number of carboxylic acid groups (broad SMARTS) is 1. The van der Waals surface area contributed by atoms with Crippen LogP contribution in [0.1, 0.15) is 34.1 Å². The van der Waals surface area contributed by atoms with Crippen LogP contribution < -0.4 is 16.4 Å². The maximum atomic E-state index is 11.6. The number of amides is 1. The van der Waals surface area contributed by atoms with E-state index in [4.69, 9.17) is 10.8 Å². The number of nitrogens with one attached hydrogen (secondary N) is 2. The zero-order valence-electron chi connectivity index (χ0n) is 12.5. The SMILES string of the molecule is CC(C)NC(CNC(=O)CC(N)C(=O)C(C)C)C(=O)O. The smallest absolute Gasteiger partial charge is 0.322 e. The summed E-state index contributed by atoms with van der Waals surface area (Å²) >= 11 is 0. The zero-order chi connectivity index (χ0) is 15.9. The van der Waals surface area contributed by atoms with Gasteiger partial charge in [-0.25, -0.2) is 0 Å². The third kappa shape index (κ3) is 7.20. The third-order valence-corrected chi connectivity index (χ3v) is 2.68. The summed E-state index contributed by atoms with van der Waals surface area (Å²) in [6.07, 6.45) is -0.134. The second-order valence-electron chi connectivity index (χ2n) is 5.38. The molecule has 7 nitrogen and oxygen atoms in total. The molecule has 0 rings (SSSR count). The zero-order valence-corrected chi connectivity index (χ0v) is 12.5. The Balaban J connectivity index is 4.26. The van der Waals surface area contributed by atoms with Gasteiger partial charge in [-0.3, -0.25) is 14.4 Å². The van der Waals surface area contributed by atoms with Crippen molar-refractivity contribution in [3.63, 3.8) is 0 Å². The number of rotatable bonds is 9. The molecule has 116 valence electrons. The summed E-state index contributed by atoms with van der Waals surface area (Å²) in [6.45, 7) is 7.01. The number of nitrogens with two attached hydrogens (primary N) is 1. The van der Waals surface area contributed by atoms with Crippen molar-refractivity contribution in [2.24, 2.45) is 11.7 Å². The van der Waals surface area contributed by atoms with Gasteiger partial charge in [0.15, 0.2) is 5.78 Å². The Labute approximate surface area is 119 Å². The molecule has 0 aliphatic rings. The summed E-state index contributed by atoms with van der Waals surface area (Å²) in [7, 11) is 0. The molecular weight excluding hydrogens is 262 g/mol. The monoisotopic (exact) mass is 287 g/mol. The number of hydrogen-bond acceptors (Lipinski definition) is 5. The topological polar surface area (TPSA) is 122 Å². The van der Waals surface area contributed by atoms with E-state index in [1.807, 2.05) is 13.8 Å². The van der Waals surface area contributed by atoms with Crippen LogP contribution in [0.15, 0.2) is 0 Å². The molecule has 2 unspecified atom stereocenters. The molecule has 7 heteroatoms. The molecule has 0 spiro atoms. The minimum absolute atomic E-state index is 0.0159. The number of ketones is 1. The predicted molar refractivity (Wildman–Crippen MR) is 75.1 cm³/mol. The highest BCUT2D eigenvalue weighted by Gasteiger charge is 2.22. The molecule has 0 heterocycles. The largest absolute Gasteiger partial charge is 0.480 e. The highest BCUT2D eigenvalue weighted by molar-refractivity contribution is 5.90. The summed E-state index contributed by atoms with van der Waals surface area (Å²) in [5.74, 6) is -1.88. The molecule has 0 aliphatic heterocycles. The van der Waals surface area contributed by atoms with Crippen molar-refractivity contribution in [2.75, 3.05) is 6.54 Å². The molecule has 1 amide bonds. The van der Waals surface area contributed by atoms with Crippen molar-refractivity contribution in [2.45, 2.75) is 52.2 Å². The maximum Gasteiger partial charge on any atom is 0.322 e. The van der Waals surface area contributed by atoms with Crippen LogP contribution in [-0.2, 0) is 14.4 Å². The Morgan fingerprint density at radius 2 is 1.70 bits per heavy atom. The van der Waals surface area contributed by atoms with Crippen LogP contribution in [0.5, 0.6) is 0 Å². The van der Waals surface area contributed by atoms with Crippen molar-refractivity contribution >= 4 is 17.7 Å². The van der Waals surface area contributed by atoms with E-state index in [9.17, 15) is 14.4 Å². The summed E-state index contributed by atoms with van der Waals surface area (Å²) < 4.78 is 0. The number of Topliss-reactive ketones (excluding diaryl/α,β-unsaturated/α-hetero) is 1.